The van der Waals surface area contributed by atoms with E-state index in [1.165, 1.54) is 12.1 Å². The van der Waals surface area contributed by atoms with Gasteiger partial charge < -0.3 is 10.5 Å². The molecule has 1 atom stereocenters. The SMILES string of the molecule is NCC(Oc1ccc(I)cc1)c1ccc(F)cc1. The highest BCUT2D eigenvalue weighted by Gasteiger charge is 2.11. The largest absolute Gasteiger partial charge is 0.484 e. The van der Waals surface area contributed by atoms with Gasteiger partial charge in [0.05, 0.1) is 0 Å². The van der Waals surface area contributed by atoms with Crippen molar-refractivity contribution in [3.63, 3.8) is 0 Å². The highest BCUT2D eigenvalue weighted by atomic mass is 127. The number of halogens is 2. The topological polar surface area (TPSA) is 35.2 Å². The van der Waals surface area contributed by atoms with Crippen molar-refractivity contribution in [2.24, 2.45) is 5.73 Å². The van der Waals surface area contributed by atoms with E-state index >= 15 is 0 Å². The van der Waals surface area contributed by atoms with Gasteiger partial charge in [0.25, 0.3) is 0 Å². The Morgan fingerprint density at radius 3 is 2.22 bits per heavy atom. The minimum Gasteiger partial charge on any atom is -0.484 e. The molecule has 0 saturated carbocycles. The van der Waals surface area contributed by atoms with Crippen LogP contribution in [0, 0.1) is 9.39 Å². The van der Waals surface area contributed by atoms with Gasteiger partial charge in [-0.1, -0.05) is 12.1 Å². The van der Waals surface area contributed by atoms with Crippen LogP contribution >= 0.6 is 22.6 Å². The highest BCUT2D eigenvalue weighted by molar-refractivity contribution is 14.1. The summed E-state index contributed by atoms with van der Waals surface area (Å²) in [7, 11) is 0. The van der Waals surface area contributed by atoms with E-state index in [9.17, 15) is 4.39 Å². The molecule has 0 aliphatic carbocycles. The summed E-state index contributed by atoms with van der Waals surface area (Å²) in [6.07, 6.45) is -0.259. The lowest BCUT2D eigenvalue weighted by molar-refractivity contribution is 0.214. The first kappa shape index (κ1) is 13.3. The number of nitrogens with two attached hydrogens (primary N) is 1. The molecule has 0 aliphatic heterocycles. The second kappa shape index (κ2) is 6.15. The van der Waals surface area contributed by atoms with Gasteiger partial charge in [-0.3, -0.25) is 0 Å². The Balaban J connectivity index is 2.14. The predicted octanol–water partition coefficient (Wildman–Crippen LogP) is 3.51. The molecule has 0 fully saturated rings. The summed E-state index contributed by atoms with van der Waals surface area (Å²) in [5, 5.41) is 0. The maximum Gasteiger partial charge on any atom is 0.136 e. The summed E-state index contributed by atoms with van der Waals surface area (Å²) in [5.41, 5.74) is 6.57. The van der Waals surface area contributed by atoms with Crippen molar-refractivity contribution >= 4 is 22.6 Å². The van der Waals surface area contributed by atoms with E-state index in [-0.39, 0.29) is 11.9 Å². The number of benzene rings is 2. The fourth-order valence-corrected chi connectivity index (χ4v) is 1.97. The summed E-state index contributed by atoms with van der Waals surface area (Å²) in [4.78, 5) is 0. The molecule has 0 heterocycles. The van der Waals surface area contributed by atoms with Crippen molar-refractivity contribution in [2.45, 2.75) is 6.10 Å². The molecule has 0 aromatic heterocycles. The molecule has 0 aliphatic rings. The van der Waals surface area contributed by atoms with E-state index in [1.807, 2.05) is 24.3 Å². The van der Waals surface area contributed by atoms with Gasteiger partial charge in [0, 0.05) is 10.1 Å². The fraction of sp³-hybridized carbons (Fsp3) is 0.143. The van der Waals surface area contributed by atoms with E-state index in [0.717, 1.165) is 14.9 Å². The van der Waals surface area contributed by atoms with Crippen LogP contribution in [-0.2, 0) is 0 Å². The molecule has 2 aromatic rings. The Bertz CT molecular complexity index is 498. The van der Waals surface area contributed by atoms with Gasteiger partial charge in [0.1, 0.15) is 17.7 Å². The van der Waals surface area contributed by atoms with E-state index in [0.29, 0.717) is 6.54 Å². The molecule has 2 nitrogen and oxygen atoms in total. The molecule has 0 bridgehead atoms. The normalized spacial score (nSPS) is 12.2. The second-order valence-corrected chi connectivity index (χ2v) is 5.09. The highest BCUT2D eigenvalue weighted by Crippen LogP contribution is 2.22. The van der Waals surface area contributed by atoms with Crippen molar-refractivity contribution in [3.8, 4) is 5.75 Å². The van der Waals surface area contributed by atoms with Gasteiger partial charge in [-0.15, -0.1) is 0 Å². The molecule has 2 N–H and O–H groups in total. The van der Waals surface area contributed by atoms with E-state index in [4.69, 9.17) is 10.5 Å². The van der Waals surface area contributed by atoms with Gasteiger partial charge in [-0.2, -0.15) is 0 Å². The monoisotopic (exact) mass is 357 g/mol. The number of hydrogen-bond donors (Lipinski definition) is 1. The van der Waals surface area contributed by atoms with Crippen LogP contribution in [0.1, 0.15) is 11.7 Å². The van der Waals surface area contributed by atoms with Crippen LogP contribution in [0.4, 0.5) is 4.39 Å². The first-order valence-electron chi connectivity index (χ1n) is 5.57. The van der Waals surface area contributed by atoms with Gasteiger partial charge in [0.2, 0.25) is 0 Å². The van der Waals surface area contributed by atoms with Gasteiger partial charge >= 0.3 is 0 Å². The zero-order chi connectivity index (χ0) is 13.0. The number of rotatable bonds is 4. The third-order valence-corrected chi connectivity index (χ3v) is 3.27. The Morgan fingerprint density at radius 1 is 1.06 bits per heavy atom. The van der Waals surface area contributed by atoms with Gasteiger partial charge in [-0.05, 0) is 64.6 Å². The van der Waals surface area contributed by atoms with Crippen LogP contribution in [0.3, 0.4) is 0 Å². The third kappa shape index (κ3) is 3.43. The van der Waals surface area contributed by atoms with E-state index in [1.54, 1.807) is 12.1 Å². The molecular formula is C14H13FINO. The molecule has 0 amide bonds. The molecule has 2 rings (SSSR count). The maximum atomic E-state index is 12.9. The standard InChI is InChI=1S/C14H13FINO/c15-11-3-1-10(2-4-11)14(9-17)18-13-7-5-12(16)6-8-13/h1-8,14H,9,17H2. The Hall–Kier alpha value is -1.14. The van der Waals surface area contributed by atoms with Crippen LogP contribution in [0.5, 0.6) is 5.75 Å². The molecule has 1 unspecified atom stereocenters. The molecule has 0 spiro atoms. The van der Waals surface area contributed by atoms with Crippen LogP contribution < -0.4 is 10.5 Å². The van der Waals surface area contributed by atoms with E-state index < -0.39 is 0 Å². The number of hydrogen-bond acceptors (Lipinski definition) is 2. The lowest BCUT2D eigenvalue weighted by Gasteiger charge is -2.17. The molecule has 18 heavy (non-hydrogen) atoms. The molecule has 2 aromatic carbocycles. The zero-order valence-corrected chi connectivity index (χ0v) is 11.8. The van der Waals surface area contributed by atoms with Crippen LogP contribution in [0.25, 0.3) is 0 Å². The minimum absolute atomic E-state index is 0.259. The summed E-state index contributed by atoms with van der Waals surface area (Å²) in [6.45, 7) is 0.345. The fourth-order valence-electron chi connectivity index (χ4n) is 1.61. The van der Waals surface area contributed by atoms with Crippen LogP contribution in [0.15, 0.2) is 48.5 Å². The summed E-state index contributed by atoms with van der Waals surface area (Å²) in [5.74, 6) is 0.499. The smallest absolute Gasteiger partial charge is 0.136 e. The average molecular weight is 357 g/mol. The minimum atomic E-state index is -0.260. The quantitative estimate of drug-likeness (QED) is 0.850. The second-order valence-electron chi connectivity index (χ2n) is 3.85. The molecule has 4 heteroatoms. The Labute approximate surface area is 119 Å². The van der Waals surface area contributed by atoms with Crippen molar-refractivity contribution in [1.82, 2.24) is 0 Å². The van der Waals surface area contributed by atoms with Crippen LogP contribution in [-0.4, -0.2) is 6.54 Å². The summed E-state index contributed by atoms with van der Waals surface area (Å²) in [6, 6.07) is 13.9. The summed E-state index contributed by atoms with van der Waals surface area (Å²) >= 11 is 2.23. The average Bonchev–Trinajstić information content (AvgIpc) is 2.39. The Morgan fingerprint density at radius 2 is 1.67 bits per heavy atom. The third-order valence-electron chi connectivity index (χ3n) is 2.55. The van der Waals surface area contributed by atoms with Crippen molar-refractivity contribution in [2.75, 3.05) is 6.54 Å². The van der Waals surface area contributed by atoms with Crippen molar-refractivity contribution < 1.29 is 9.13 Å². The number of ether oxygens (including phenoxy) is 1. The zero-order valence-electron chi connectivity index (χ0n) is 9.64. The van der Waals surface area contributed by atoms with Crippen LogP contribution in [0.2, 0.25) is 0 Å². The summed E-state index contributed by atoms with van der Waals surface area (Å²) < 4.78 is 19.8. The van der Waals surface area contributed by atoms with E-state index in [2.05, 4.69) is 22.6 Å². The lowest BCUT2D eigenvalue weighted by atomic mass is 10.1. The molecule has 94 valence electrons. The lowest BCUT2D eigenvalue weighted by Crippen LogP contribution is -2.18. The maximum absolute atomic E-state index is 12.9. The first-order valence-corrected chi connectivity index (χ1v) is 6.64. The molecular weight excluding hydrogens is 344 g/mol. The molecule has 0 saturated heterocycles. The van der Waals surface area contributed by atoms with Crippen molar-refractivity contribution in [3.05, 3.63) is 63.5 Å². The molecule has 0 radical (unpaired) electrons. The predicted molar refractivity (Wildman–Crippen MR) is 78.0 cm³/mol. The van der Waals surface area contributed by atoms with Gasteiger partial charge in [-0.25, -0.2) is 4.39 Å². The van der Waals surface area contributed by atoms with Gasteiger partial charge in [0.15, 0.2) is 0 Å². The first-order chi connectivity index (χ1) is 8.69. The Kier molecular flexibility index (Phi) is 4.54. The van der Waals surface area contributed by atoms with Crippen molar-refractivity contribution in [1.29, 1.82) is 0 Å².